The van der Waals surface area contributed by atoms with Gasteiger partial charge in [-0.05, 0) is 30.5 Å². The van der Waals surface area contributed by atoms with E-state index in [0.29, 0.717) is 24.5 Å². The van der Waals surface area contributed by atoms with Crippen LogP contribution >= 0.6 is 0 Å². The molecule has 1 aliphatic heterocycles. The Balaban J connectivity index is 1.97. The van der Waals surface area contributed by atoms with Crippen molar-refractivity contribution in [2.24, 2.45) is 10.9 Å². The quantitative estimate of drug-likeness (QED) is 0.357. The lowest BCUT2D eigenvalue weighted by Gasteiger charge is -2.12. The van der Waals surface area contributed by atoms with E-state index in [-0.39, 0.29) is 11.9 Å². The molecule has 1 aliphatic rings. The van der Waals surface area contributed by atoms with Crippen LogP contribution in [-0.4, -0.2) is 37.5 Å². The zero-order valence-corrected chi connectivity index (χ0v) is 11.5. The smallest absolute Gasteiger partial charge is 0.173 e. The van der Waals surface area contributed by atoms with E-state index in [1.807, 2.05) is 6.07 Å². The van der Waals surface area contributed by atoms with Crippen molar-refractivity contribution in [2.45, 2.75) is 25.6 Å². The average Bonchev–Trinajstić information content (AvgIpc) is 2.99. The molecule has 1 aromatic carbocycles. The highest BCUT2D eigenvalue weighted by Gasteiger charge is 2.15. The molecule has 6 nitrogen and oxygen atoms in total. The number of ether oxygens (including phenoxy) is 3. The molecule has 0 bridgehead atoms. The first-order chi connectivity index (χ1) is 9.74. The Morgan fingerprint density at radius 2 is 2.40 bits per heavy atom. The third-order valence-corrected chi connectivity index (χ3v) is 3.24. The standard InChI is InChI=1S/C14H20N2O4/c1-18-13-5-4-10(7-12(13)14(15)16-17)8-19-9-11-3-2-6-20-11/h4-5,7,11,17H,2-3,6,8-9H2,1H3,(H2,15,16). The van der Waals surface area contributed by atoms with Crippen LogP contribution in [0, 0.1) is 0 Å². The van der Waals surface area contributed by atoms with E-state index in [1.165, 1.54) is 7.11 Å². The summed E-state index contributed by atoms with van der Waals surface area (Å²) in [5, 5.41) is 11.8. The maximum atomic E-state index is 8.78. The Morgan fingerprint density at radius 1 is 1.55 bits per heavy atom. The third-order valence-electron chi connectivity index (χ3n) is 3.24. The molecule has 0 aliphatic carbocycles. The van der Waals surface area contributed by atoms with E-state index >= 15 is 0 Å². The monoisotopic (exact) mass is 280 g/mol. The Labute approximate surface area is 118 Å². The van der Waals surface area contributed by atoms with Gasteiger partial charge < -0.3 is 25.2 Å². The van der Waals surface area contributed by atoms with Gasteiger partial charge in [-0.2, -0.15) is 0 Å². The fraction of sp³-hybridized carbons (Fsp3) is 0.500. The van der Waals surface area contributed by atoms with Gasteiger partial charge in [0.15, 0.2) is 5.84 Å². The summed E-state index contributed by atoms with van der Waals surface area (Å²) in [6.07, 6.45) is 2.36. The summed E-state index contributed by atoms with van der Waals surface area (Å²) < 4.78 is 16.3. The number of hydrogen-bond donors (Lipinski definition) is 2. The van der Waals surface area contributed by atoms with Crippen LogP contribution in [0.2, 0.25) is 0 Å². The van der Waals surface area contributed by atoms with Crippen LogP contribution in [0.15, 0.2) is 23.4 Å². The van der Waals surface area contributed by atoms with Crippen LogP contribution in [0.1, 0.15) is 24.0 Å². The molecular formula is C14H20N2O4. The molecule has 6 heteroatoms. The number of benzene rings is 1. The number of nitrogens with zero attached hydrogens (tertiary/aromatic N) is 1. The van der Waals surface area contributed by atoms with Crippen LogP contribution in [0.25, 0.3) is 0 Å². The highest BCUT2D eigenvalue weighted by atomic mass is 16.5. The molecular weight excluding hydrogens is 260 g/mol. The summed E-state index contributed by atoms with van der Waals surface area (Å²) in [5.41, 5.74) is 7.11. The van der Waals surface area contributed by atoms with Gasteiger partial charge in [-0.1, -0.05) is 11.2 Å². The number of nitrogens with two attached hydrogens (primary N) is 1. The normalized spacial score (nSPS) is 19.2. The van der Waals surface area contributed by atoms with Gasteiger partial charge in [-0.25, -0.2) is 0 Å². The molecule has 1 unspecified atom stereocenters. The van der Waals surface area contributed by atoms with Gasteiger partial charge in [0.1, 0.15) is 5.75 Å². The molecule has 1 heterocycles. The second-order valence-corrected chi connectivity index (χ2v) is 4.67. The Hall–Kier alpha value is -1.79. The first kappa shape index (κ1) is 14.6. The lowest BCUT2D eigenvalue weighted by atomic mass is 10.1. The molecule has 0 amide bonds. The van der Waals surface area contributed by atoms with Gasteiger partial charge in [0.25, 0.3) is 0 Å². The van der Waals surface area contributed by atoms with Crippen molar-refractivity contribution in [2.75, 3.05) is 20.3 Å². The van der Waals surface area contributed by atoms with E-state index in [9.17, 15) is 0 Å². The number of oxime groups is 1. The highest BCUT2D eigenvalue weighted by molar-refractivity contribution is 5.99. The molecule has 2 rings (SSSR count). The minimum absolute atomic E-state index is 0.0165. The zero-order chi connectivity index (χ0) is 14.4. The zero-order valence-electron chi connectivity index (χ0n) is 11.5. The number of amidine groups is 1. The molecule has 1 saturated heterocycles. The molecule has 1 atom stereocenters. The molecule has 3 N–H and O–H groups in total. The minimum Gasteiger partial charge on any atom is -0.496 e. The molecule has 1 fully saturated rings. The summed E-state index contributed by atoms with van der Waals surface area (Å²) in [6.45, 7) is 1.87. The van der Waals surface area contributed by atoms with Crippen molar-refractivity contribution in [3.63, 3.8) is 0 Å². The topological polar surface area (TPSA) is 86.3 Å². The molecule has 1 aromatic rings. The number of rotatable bonds is 6. The lowest BCUT2D eigenvalue weighted by Crippen LogP contribution is -2.16. The molecule has 20 heavy (non-hydrogen) atoms. The van der Waals surface area contributed by atoms with Gasteiger partial charge in [0.05, 0.1) is 32.0 Å². The van der Waals surface area contributed by atoms with Gasteiger partial charge in [0.2, 0.25) is 0 Å². The predicted octanol–water partition coefficient (Wildman–Crippen LogP) is 1.49. The summed E-state index contributed by atoms with van der Waals surface area (Å²) in [6, 6.07) is 5.46. The van der Waals surface area contributed by atoms with E-state index in [1.54, 1.807) is 12.1 Å². The third kappa shape index (κ3) is 3.61. The van der Waals surface area contributed by atoms with Crippen molar-refractivity contribution < 1.29 is 19.4 Å². The molecule has 0 aromatic heterocycles. The fourth-order valence-electron chi connectivity index (χ4n) is 2.18. The maximum absolute atomic E-state index is 8.78. The van der Waals surface area contributed by atoms with Crippen molar-refractivity contribution in [3.05, 3.63) is 29.3 Å². The van der Waals surface area contributed by atoms with E-state index in [4.69, 9.17) is 25.2 Å². The molecule has 0 saturated carbocycles. The van der Waals surface area contributed by atoms with Gasteiger partial charge in [0, 0.05) is 6.61 Å². The van der Waals surface area contributed by atoms with Crippen LogP contribution in [0.4, 0.5) is 0 Å². The predicted molar refractivity (Wildman–Crippen MR) is 74.1 cm³/mol. The summed E-state index contributed by atoms with van der Waals surface area (Å²) in [4.78, 5) is 0. The van der Waals surface area contributed by atoms with Crippen LogP contribution < -0.4 is 10.5 Å². The van der Waals surface area contributed by atoms with Crippen molar-refractivity contribution in [1.82, 2.24) is 0 Å². The largest absolute Gasteiger partial charge is 0.496 e. The first-order valence-corrected chi connectivity index (χ1v) is 6.58. The van der Waals surface area contributed by atoms with Gasteiger partial charge in [-0.3, -0.25) is 0 Å². The number of hydrogen-bond acceptors (Lipinski definition) is 5. The molecule has 0 radical (unpaired) electrons. The summed E-state index contributed by atoms with van der Waals surface area (Å²) in [7, 11) is 1.54. The second-order valence-electron chi connectivity index (χ2n) is 4.67. The Kier molecular flexibility index (Phi) is 5.20. The van der Waals surface area contributed by atoms with Crippen LogP contribution in [0.3, 0.4) is 0 Å². The summed E-state index contributed by atoms with van der Waals surface area (Å²) in [5.74, 6) is 0.575. The fourth-order valence-corrected chi connectivity index (χ4v) is 2.18. The van der Waals surface area contributed by atoms with Crippen molar-refractivity contribution in [1.29, 1.82) is 0 Å². The Morgan fingerprint density at radius 3 is 3.05 bits per heavy atom. The van der Waals surface area contributed by atoms with Crippen LogP contribution in [-0.2, 0) is 16.1 Å². The van der Waals surface area contributed by atoms with Gasteiger partial charge in [-0.15, -0.1) is 0 Å². The second kappa shape index (κ2) is 7.12. The number of methoxy groups -OCH3 is 1. The average molecular weight is 280 g/mol. The summed E-state index contributed by atoms with van der Waals surface area (Å²) >= 11 is 0. The van der Waals surface area contributed by atoms with Gasteiger partial charge >= 0.3 is 0 Å². The minimum atomic E-state index is 0.0165. The van der Waals surface area contributed by atoms with Crippen molar-refractivity contribution >= 4 is 5.84 Å². The Bertz CT molecular complexity index is 470. The highest BCUT2D eigenvalue weighted by Crippen LogP contribution is 2.20. The van der Waals surface area contributed by atoms with E-state index in [2.05, 4.69) is 5.16 Å². The van der Waals surface area contributed by atoms with E-state index in [0.717, 1.165) is 25.0 Å². The SMILES string of the molecule is COc1ccc(COCC2CCCO2)cc1C(N)=NO. The maximum Gasteiger partial charge on any atom is 0.173 e. The van der Waals surface area contributed by atoms with Crippen molar-refractivity contribution in [3.8, 4) is 5.75 Å². The molecule has 0 spiro atoms. The lowest BCUT2D eigenvalue weighted by molar-refractivity contribution is 0.0106. The molecule has 110 valence electrons. The first-order valence-electron chi connectivity index (χ1n) is 6.58. The van der Waals surface area contributed by atoms with E-state index < -0.39 is 0 Å². The van der Waals surface area contributed by atoms with Crippen LogP contribution in [0.5, 0.6) is 5.75 Å².